The van der Waals surface area contributed by atoms with E-state index in [2.05, 4.69) is 0 Å². The third kappa shape index (κ3) is 8.80. The number of benzene rings is 1. The van der Waals surface area contributed by atoms with Crippen LogP contribution in [0.25, 0.3) is 0 Å². The minimum Gasteiger partial charge on any atom is -1.00 e. The molecule has 0 aliphatic carbocycles. The molecule has 1 aromatic rings. The Balaban J connectivity index is 0. The molecule has 0 amide bonds. The van der Waals surface area contributed by atoms with Crippen LogP contribution in [-0.2, 0) is 16.1 Å². The largest absolute Gasteiger partial charge is 2.00 e. The zero-order valence-electron chi connectivity index (χ0n) is 10.1. The van der Waals surface area contributed by atoms with Crippen molar-refractivity contribution in [2.24, 2.45) is 0 Å². The van der Waals surface area contributed by atoms with Gasteiger partial charge in [-0.25, -0.2) is 6.08 Å². The Labute approximate surface area is 130 Å². The first-order valence-electron chi connectivity index (χ1n) is 5.15. The van der Waals surface area contributed by atoms with Crippen molar-refractivity contribution in [3.63, 3.8) is 0 Å². The van der Waals surface area contributed by atoms with Crippen molar-refractivity contribution in [3.05, 3.63) is 48.6 Å². The maximum Gasteiger partial charge on any atom is 2.00 e. The van der Waals surface area contributed by atoms with Gasteiger partial charge in [-0.05, 0) is 12.0 Å². The van der Waals surface area contributed by atoms with Gasteiger partial charge in [-0.2, -0.15) is 0 Å². The van der Waals surface area contributed by atoms with Gasteiger partial charge in [0.1, 0.15) is 6.79 Å². The monoisotopic (exact) mass is 308 g/mol. The zero-order valence-corrected chi connectivity index (χ0v) is 13.1. The van der Waals surface area contributed by atoms with Crippen LogP contribution in [0.2, 0.25) is 0 Å². The Kier molecular flexibility index (Phi) is 14.4. The molecule has 1 atom stereocenters. The molecule has 17 heavy (non-hydrogen) atoms. The van der Waals surface area contributed by atoms with E-state index in [1.54, 1.807) is 6.08 Å². The van der Waals surface area contributed by atoms with Crippen LogP contribution in [0.15, 0.2) is 36.4 Å². The summed E-state index contributed by atoms with van der Waals surface area (Å²) in [5, 5.41) is 0. The molecule has 0 saturated heterocycles. The Morgan fingerprint density at radius 2 is 1.94 bits per heavy atom. The molecule has 90 valence electrons. The molecule has 0 bridgehead atoms. The van der Waals surface area contributed by atoms with E-state index in [0.717, 1.165) is 12.0 Å². The van der Waals surface area contributed by atoms with Crippen LogP contribution >= 0.6 is 0 Å². The zero-order chi connectivity index (χ0) is 10.9. The van der Waals surface area contributed by atoms with Crippen LogP contribution in [0.1, 0.15) is 18.9 Å². The molecule has 1 aromatic carbocycles. The second-order valence-electron chi connectivity index (χ2n) is 3.26. The van der Waals surface area contributed by atoms with Crippen LogP contribution in [0.4, 0.5) is 0 Å². The topological polar surface area (TPSA) is 18.5 Å². The average Bonchev–Trinajstić information content (AvgIpc) is 2.31. The normalized spacial score (nSPS) is 10.9. The standard InChI is InChI=1S/C13H17O2.BrH.Mg/c1-3-13(4-2)15-11-14-10-12-8-6-5-7-9-12;;/h1,3,5-9,13H,4,10-11H2,2H3;1H;/q-1;;+2/p-1. The van der Waals surface area contributed by atoms with E-state index in [1.807, 2.05) is 37.3 Å². The summed E-state index contributed by atoms with van der Waals surface area (Å²) in [4.78, 5) is 0. The van der Waals surface area contributed by atoms with Gasteiger partial charge in [-0.1, -0.05) is 37.3 Å². The first kappa shape index (κ1) is 19.5. The van der Waals surface area contributed by atoms with Crippen molar-refractivity contribution in [1.29, 1.82) is 0 Å². The van der Waals surface area contributed by atoms with E-state index < -0.39 is 0 Å². The summed E-state index contributed by atoms with van der Waals surface area (Å²) >= 11 is 0. The van der Waals surface area contributed by atoms with Gasteiger partial charge in [0.05, 0.1) is 6.61 Å². The van der Waals surface area contributed by atoms with Crippen LogP contribution in [0.3, 0.4) is 0 Å². The van der Waals surface area contributed by atoms with E-state index >= 15 is 0 Å². The molecule has 0 N–H and O–H groups in total. The minimum atomic E-state index is -0.0132. The van der Waals surface area contributed by atoms with Crippen molar-refractivity contribution in [2.75, 3.05) is 6.79 Å². The summed E-state index contributed by atoms with van der Waals surface area (Å²) in [6.07, 6.45) is 2.40. The molecule has 4 heteroatoms. The quantitative estimate of drug-likeness (QED) is 0.294. The number of ether oxygens (including phenoxy) is 2. The minimum absolute atomic E-state index is 0. The fourth-order valence-corrected chi connectivity index (χ4v) is 1.18. The van der Waals surface area contributed by atoms with Crippen molar-refractivity contribution in [2.45, 2.75) is 26.1 Å². The molecular weight excluding hydrogens is 292 g/mol. The van der Waals surface area contributed by atoms with Gasteiger partial charge in [0.2, 0.25) is 0 Å². The van der Waals surface area contributed by atoms with Crippen LogP contribution in [0.5, 0.6) is 0 Å². The molecule has 0 radical (unpaired) electrons. The molecule has 0 heterocycles. The van der Waals surface area contributed by atoms with E-state index in [9.17, 15) is 0 Å². The van der Waals surface area contributed by atoms with Gasteiger partial charge < -0.3 is 33.0 Å². The smallest absolute Gasteiger partial charge is 1.00 e. The summed E-state index contributed by atoms with van der Waals surface area (Å²) in [6, 6.07) is 10.00. The van der Waals surface area contributed by atoms with Crippen molar-refractivity contribution in [1.82, 2.24) is 0 Å². The Bertz CT molecular complexity index is 280. The van der Waals surface area contributed by atoms with Crippen molar-refractivity contribution in [3.8, 4) is 0 Å². The maximum atomic E-state index is 5.37. The van der Waals surface area contributed by atoms with Crippen molar-refractivity contribution < 1.29 is 26.5 Å². The SMILES string of the molecule is [Br-].[CH-]=CC(CC)OCOCc1ccccc1.[Mg+2]. The molecule has 1 unspecified atom stereocenters. The fourth-order valence-electron chi connectivity index (χ4n) is 1.18. The molecular formula is C13H17BrMgO2. The van der Waals surface area contributed by atoms with E-state index in [-0.39, 0.29) is 52.9 Å². The number of hydrogen-bond donors (Lipinski definition) is 0. The van der Waals surface area contributed by atoms with Gasteiger partial charge in [0, 0.05) is 6.10 Å². The molecule has 0 saturated carbocycles. The molecule has 0 spiro atoms. The van der Waals surface area contributed by atoms with Crippen molar-refractivity contribution >= 4 is 23.1 Å². The first-order chi connectivity index (χ1) is 7.36. The molecule has 0 aliphatic rings. The van der Waals surface area contributed by atoms with Gasteiger partial charge >= 0.3 is 23.1 Å². The van der Waals surface area contributed by atoms with Gasteiger partial charge in [-0.15, -0.1) is 0 Å². The first-order valence-corrected chi connectivity index (χ1v) is 5.15. The summed E-state index contributed by atoms with van der Waals surface area (Å²) in [7, 11) is 0. The third-order valence-electron chi connectivity index (χ3n) is 2.09. The summed E-state index contributed by atoms with van der Waals surface area (Å²) in [6.45, 7) is 8.24. The van der Waals surface area contributed by atoms with E-state index in [1.165, 1.54) is 0 Å². The number of rotatable bonds is 7. The predicted molar refractivity (Wildman–Crippen MR) is 65.9 cm³/mol. The summed E-state index contributed by atoms with van der Waals surface area (Å²) in [5.74, 6) is 0. The second-order valence-corrected chi connectivity index (χ2v) is 3.26. The molecule has 2 nitrogen and oxygen atoms in total. The number of hydrogen-bond acceptors (Lipinski definition) is 2. The maximum absolute atomic E-state index is 5.37. The molecule has 1 rings (SSSR count). The Morgan fingerprint density at radius 1 is 1.29 bits per heavy atom. The predicted octanol–water partition coefficient (Wildman–Crippen LogP) is -0.432. The van der Waals surface area contributed by atoms with E-state index in [4.69, 9.17) is 16.1 Å². The van der Waals surface area contributed by atoms with Crippen LogP contribution in [-0.4, -0.2) is 35.9 Å². The molecule has 0 aromatic heterocycles. The van der Waals surface area contributed by atoms with Gasteiger partial charge in [0.25, 0.3) is 0 Å². The molecule has 0 fully saturated rings. The second kappa shape index (κ2) is 12.6. The van der Waals surface area contributed by atoms with Crippen LogP contribution in [0, 0.1) is 6.58 Å². The molecule has 0 aliphatic heterocycles. The fraction of sp³-hybridized carbons (Fsp3) is 0.385. The summed E-state index contributed by atoms with van der Waals surface area (Å²) in [5.41, 5.74) is 1.14. The van der Waals surface area contributed by atoms with Gasteiger partial charge in [-0.3, -0.25) is 0 Å². The van der Waals surface area contributed by atoms with E-state index in [0.29, 0.717) is 6.61 Å². The Morgan fingerprint density at radius 3 is 2.47 bits per heavy atom. The number of halogens is 1. The average molecular weight is 309 g/mol. The van der Waals surface area contributed by atoms with Crippen LogP contribution < -0.4 is 17.0 Å². The third-order valence-corrected chi connectivity index (χ3v) is 2.09. The Hall–Kier alpha value is 0.126. The summed E-state index contributed by atoms with van der Waals surface area (Å²) < 4.78 is 10.7. The van der Waals surface area contributed by atoms with Gasteiger partial charge in [0.15, 0.2) is 0 Å².